The fraction of sp³-hybridized carbons (Fsp3) is 0.292. The summed E-state index contributed by atoms with van der Waals surface area (Å²) in [5.41, 5.74) is 1.52. The van der Waals surface area contributed by atoms with E-state index >= 15 is 0 Å². The van der Waals surface area contributed by atoms with Gasteiger partial charge < -0.3 is 10.1 Å². The second-order valence-electron chi connectivity index (χ2n) is 8.61. The van der Waals surface area contributed by atoms with Crippen LogP contribution in [0.1, 0.15) is 25.8 Å². The number of hydrogen-bond acceptors (Lipinski definition) is 5. The molecule has 0 spiro atoms. The third kappa shape index (κ3) is 5.70. The first-order chi connectivity index (χ1) is 15.6. The van der Waals surface area contributed by atoms with Crippen LogP contribution in [0.15, 0.2) is 65.7 Å². The molecule has 0 aliphatic carbocycles. The lowest BCUT2D eigenvalue weighted by Gasteiger charge is -2.19. The first-order valence-electron chi connectivity index (χ1n) is 10.5. The summed E-state index contributed by atoms with van der Waals surface area (Å²) in [6, 6.07) is 14.5. The number of halogens is 2. The molecule has 0 radical (unpaired) electrons. The number of hydrogen-bond donors (Lipinski definition) is 2. The summed E-state index contributed by atoms with van der Waals surface area (Å²) in [5, 5.41) is 3.56. The van der Waals surface area contributed by atoms with Crippen molar-refractivity contribution < 1.29 is 17.5 Å². The van der Waals surface area contributed by atoms with Crippen molar-refractivity contribution >= 4 is 27.3 Å². The van der Waals surface area contributed by atoms with Crippen LogP contribution in [0.2, 0.25) is 5.02 Å². The van der Waals surface area contributed by atoms with Crippen LogP contribution in [0.3, 0.4) is 0 Å². The van der Waals surface area contributed by atoms with Gasteiger partial charge in [0.15, 0.2) is 0 Å². The molecule has 2 heterocycles. The first kappa shape index (κ1) is 23.6. The van der Waals surface area contributed by atoms with Gasteiger partial charge in [0, 0.05) is 23.3 Å². The standard InChI is InChI=1S/C24H25ClFN3O3S/c1-24(2)13-18(15-32-24)29-22-9-7-17(25)12-23(22)33(30,31)28-14-16-6-8-19(20(26)11-16)21-5-3-4-10-27-21/h3-12,18,28-29H,13-15H2,1-2H3. The van der Waals surface area contributed by atoms with Crippen molar-refractivity contribution in [2.75, 3.05) is 11.9 Å². The normalized spacial score (nSPS) is 17.8. The summed E-state index contributed by atoms with van der Waals surface area (Å²) in [4.78, 5) is 4.19. The Morgan fingerprint density at radius 3 is 2.67 bits per heavy atom. The molecule has 3 aromatic rings. The van der Waals surface area contributed by atoms with Crippen LogP contribution in [0.4, 0.5) is 10.1 Å². The van der Waals surface area contributed by atoms with E-state index in [-0.39, 0.29) is 23.1 Å². The molecular weight excluding hydrogens is 465 g/mol. The maximum atomic E-state index is 14.6. The molecule has 1 aromatic heterocycles. The average molecular weight is 490 g/mol. The van der Waals surface area contributed by atoms with Gasteiger partial charge in [0.1, 0.15) is 10.7 Å². The maximum Gasteiger partial charge on any atom is 0.242 e. The average Bonchev–Trinajstić information content (AvgIpc) is 3.12. The Bertz CT molecular complexity index is 1250. The first-order valence-corrected chi connectivity index (χ1v) is 12.4. The Morgan fingerprint density at radius 2 is 2.00 bits per heavy atom. The Kier molecular flexibility index (Phi) is 6.72. The van der Waals surface area contributed by atoms with E-state index in [2.05, 4.69) is 15.0 Å². The summed E-state index contributed by atoms with van der Waals surface area (Å²) in [7, 11) is -3.93. The smallest absolute Gasteiger partial charge is 0.242 e. The van der Waals surface area contributed by atoms with E-state index in [1.807, 2.05) is 13.8 Å². The van der Waals surface area contributed by atoms with E-state index in [9.17, 15) is 12.8 Å². The van der Waals surface area contributed by atoms with E-state index in [1.165, 1.54) is 12.1 Å². The zero-order valence-corrected chi connectivity index (χ0v) is 19.9. The van der Waals surface area contributed by atoms with Gasteiger partial charge in [-0.1, -0.05) is 23.7 Å². The molecule has 9 heteroatoms. The van der Waals surface area contributed by atoms with E-state index < -0.39 is 15.8 Å². The predicted octanol–water partition coefficient (Wildman–Crippen LogP) is 5.00. The van der Waals surface area contributed by atoms with Gasteiger partial charge in [-0.15, -0.1) is 0 Å². The maximum absolute atomic E-state index is 14.6. The molecule has 2 aromatic carbocycles. The van der Waals surface area contributed by atoms with Crippen LogP contribution in [0.5, 0.6) is 0 Å². The Balaban J connectivity index is 1.51. The molecule has 6 nitrogen and oxygen atoms in total. The molecule has 1 fully saturated rings. The van der Waals surface area contributed by atoms with E-state index in [4.69, 9.17) is 16.3 Å². The molecule has 0 amide bonds. The zero-order chi connectivity index (χ0) is 23.6. The molecule has 2 N–H and O–H groups in total. The lowest BCUT2D eigenvalue weighted by atomic mass is 10.0. The van der Waals surface area contributed by atoms with Crippen LogP contribution in [0.25, 0.3) is 11.3 Å². The van der Waals surface area contributed by atoms with Crippen molar-refractivity contribution in [2.24, 2.45) is 0 Å². The number of anilines is 1. The topological polar surface area (TPSA) is 80.3 Å². The number of nitrogens with one attached hydrogen (secondary N) is 2. The molecule has 0 saturated carbocycles. The van der Waals surface area contributed by atoms with E-state index in [0.717, 1.165) is 6.42 Å². The number of benzene rings is 2. The number of sulfonamides is 1. The van der Waals surface area contributed by atoms with Gasteiger partial charge in [-0.25, -0.2) is 17.5 Å². The Morgan fingerprint density at radius 1 is 1.18 bits per heavy atom. The minimum Gasteiger partial charge on any atom is -0.379 e. The van der Waals surface area contributed by atoms with Crippen LogP contribution < -0.4 is 10.0 Å². The summed E-state index contributed by atoms with van der Waals surface area (Å²) in [5.74, 6) is -0.473. The highest BCUT2D eigenvalue weighted by Gasteiger charge is 2.32. The van der Waals surface area contributed by atoms with Crippen LogP contribution in [0, 0.1) is 5.82 Å². The fourth-order valence-corrected chi connectivity index (χ4v) is 5.29. The summed E-state index contributed by atoms with van der Waals surface area (Å²) >= 11 is 6.10. The monoisotopic (exact) mass is 489 g/mol. The van der Waals surface area contributed by atoms with Crippen molar-refractivity contribution in [1.29, 1.82) is 0 Å². The van der Waals surface area contributed by atoms with Gasteiger partial charge in [0.2, 0.25) is 10.0 Å². The summed E-state index contributed by atoms with van der Waals surface area (Å²) in [6.07, 6.45) is 2.33. The highest BCUT2D eigenvalue weighted by molar-refractivity contribution is 7.89. The molecule has 33 heavy (non-hydrogen) atoms. The van der Waals surface area contributed by atoms with Gasteiger partial charge in [-0.3, -0.25) is 4.98 Å². The largest absolute Gasteiger partial charge is 0.379 e. The minimum absolute atomic E-state index is 0.0247. The van der Waals surface area contributed by atoms with Gasteiger partial charge in [0.05, 0.1) is 29.6 Å². The lowest BCUT2D eigenvalue weighted by Crippen LogP contribution is -2.27. The van der Waals surface area contributed by atoms with Crippen molar-refractivity contribution in [1.82, 2.24) is 9.71 Å². The van der Waals surface area contributed by atoms with Gasteiger partial charge in [-0.2, -0.15) is 0 Å². The molecule has 1 aliphatic rings. The van der Waals surface area contributed by atoms with Crippen LogP contribution in [-0.4, -0.2) is 31.7 Å². The third-order valence-electron chi connectivity index (χ3n) is 5.45. The Hall–Kier alpha value is -2.52. The third-order valence-corrected chi connectivity index (χ3v) is 7.12. The summed E-state index contributed by atoms with van der Waals surface area (Å²) < 4.78 is 49.1. The van der Waals surface area contributed by atoms with Gasteiger partial charge >= 0.3 is 0 Å². The Labute approximate surface area is 198 Å². The van der Waals surface area contributed by atoms with Crippen LogP contribution >= 0.6 is 11.6 Å². The van der Waals surface area contributed by atoms with Crippen molar-refractivity contribution in [3.05, 3.63) is 77.2 Å². The molecular formula is C24H25ClFN3O3S. The van der Waals surface area contributed by atoms with Gasteiger partial charge in [0.25, 0.3) is 0 Å². The molecule has 0 bridgehead atoms. The second kappa shape index (κ2) is 9.38. The number of rotatable bonds is 7. The minimum atomic E-state index is -3.93. The summed E-state index contributed by atoms with van der Waals surface area (Å²) in [6.45, 7) is 4.39. The fourth-order valence-electron chi connectivity index (χ4n) is 3.84. The number of aromatic nitrogens is 1. The van der Waals surface area contributed by atoms with Crippen molar-refractivity contribution in [3.8, 4) is 11.3 Å². The van der Waals surface area contributed by atoms with E-state index in [0.29, 0.717) is 34.1 Å². The molecule has 1 saturated heterocycles. The zero-order valence-electron chi connectivity index (χ0n) is 18.3. The molecule has 1 atom stereocenters. The van der Waals surface area contributed by atoms with Crippen molar-refractivity contribution in [3.63, 3.8) is 0 Å². The molecule has 4 rings (SSSR count). The molecule has 174 valence electrons. The number of pyridine rings is 1. The highest BCUT2D eigenvalue weighted by Crippen LogP contribution is 2.31. The second-order valence-corrected chi connectivity index (χ2v) is 10.8. The highest BCUT2D eigenvalue weighted by atomic mass is 35.5. The quantitative estimate of drug-likeness (QED) is 0.488. The molecule has 1 unspecified atom stereocenters. The lowest BCUT2D eigenvalue weighted by molar-refractivity contribution is 0.0363. The molecule has 1 aliphatic heterocycles. The SMILES string of the molecule is CC1(C)CC(Nc2ccc(Cl)cc2S(=O)(=O)NCc2ccc(-c3ccccn3)c(F)c2)CO1. The number of nitrogens with zero attached hydrogens (tertiary/aromatic N) is 1. The predicted molar refractivity (Wildman–Crippen MR) is 127 cm³/mol. The van der Waals surface area contributed by atoms with E-state index in [1.54, 1.807) is 48.7 Å². The van der Waals surface area contributed by atoms with Gasteiger partial charge in [-0.05, 0) is 68.3 Å². The van der Waals surface area contributed by atoms with Crippen molar-refractivity contribution in [2.45, 2.75) is 43.4 Å². The van der Waals surface area contributed by atoms with Crippen LogP contribution in [-0.2, 0) is 21.3 Å². The number of ether oxygens (including phenoxy) is 1.